The first-order valence-electron chi connectivity index (χ1n) is 10.3. The van der Waals surface area contributed by atoms with E-state index in [9.17, 15) is 4.79 Å². The average Bonchev–Trinajstić information content (AvgIpc) is 2.79. The summed E-state index contributed by atoms with van der Waals surface area (Å²) in [6.45, 7) is 6.69. The Kier molecular flexibility index (Phi) is 8.40. The lowest BCUT2D eigenvalue weighted by atomic mass is 10.2. The van der Waals surface area contributed by atoms with Crippen molar-refractivity contribution in [2.75, 3.05) is 18.5 Å². The molecule has 0 radical (unpaired) electrons. The lowest BCUT2D eigenvalue weighted by Gasteiger charge is -2.12. The number of hydrogen-bond acceptors (Lipinski definition) is 4. The molecule has 0 heterocycles. The number of amides is 1. The van der Waals surface area contributed by atoms with E-state index < -0.39 is 0 Å². The van der Waals surface area contributed by atoms with Crippen molar-refractivity contribution in [3.63, 3.8) is 0 Å². The summed E-state index contributed by atoms with van der Waals surface area (Å²) in [6.07, 6.45) is 0.792. The second kappa shape index (κ2) is 11.7. The molecule has 3 aromatic carbocycles. The first-order chi connectivity index (χ1) is 15.5. The maximum absolute atomic E-state index is 12.6. The number of hydrogen-bond donors (Lipinski definition) is 2. The minimum atomic E-state index is -0.314. The normalized spacial score (nSPS) is 10.2. The van der Waals surface area contributed by atoms with E-state index in [0.717, 1.165) is 12.0 Å². The van der Waals surface area contributed by atoms with Gasteiger partial charge in [-0.2, -0.15) is 0 Å². The van der Waals surface area contributed by atoms with Gasteiger partial charge in [-0.05, 0) is 60.6 Å². The van der Waals surface area contributed by atoms with Crippen LogP contribution in [0, 0.1) is 0 Å². The highest BCUT2D eigenvalue weighted by molar-refractivity contribution is 7.80. The molecule has 3 rings (SSSR count). The molecule has 2 N–H and O–H groups in total. The Hall–Kier alpha value is -3.64. The molecule has 6 heteroatoms. The lowest BCUT2D eigenvalue weighted by Crippen LogP contribution is -2.34. The molecule has 0 aliphatic rings. The number of carbonyl (C=O) groups is 1. The van der Waals surface area contributed by atoms with Crippen molar-refractivity contribution in [1.29, 1.82) is 0 Å². The second-order valence-corrected chi connectivity index (χ2v) is 7.70. The van der Waals surface area contributed by atoms with Gasteiger partial charge in [0.05, 0.1) is 6.61 Å². The molecule has 0 bridgehead atoms. The molecule has 0 atom stereocenters. The molecule has 0 fully saturated rings. The Morgan fingerprint density at radius 1 is 0.938 bits per heavy atom. The third-order valence-corrected chi connectivity index (χ3v) is 4.61. The van der Waals surface area contributed by atoms with Crippen LogP contribution in [-0.2, 0) is 6.42 Å². The smallest absolute Gasteiger partial charge is 0.257 e. The van der Waals surface area contributed by atoms with Gasteiger partial charge in [0, 0.05) is 23.7 Å². The Morgan fingerprint density at radius 3 is 2.41 bits per heavy atom. The molecule has 0 aliphatic heterocycles. The number of ether oxygens (including phenoxy) is 2. The molecule has 1 amide bonds. The Bertz CT molecular complexity index is 1080. The van der Waals surface area contributed by atoms with Crippen LogP contribution in [0.5, 0.6) is 11.5 Å². The van der Waals surface area contributed by atoms with Gasteiger partial charge in [0.1, 0.15) is 18.1 Å². The summed E-state index contributed by atoms with van der Waals surface area (Å²) in [5.74, 6) is 1.01. The number of anilines is 1. The molecule has 0 spiro atoms. The van der Waals surface area contributed by atoms with Crippen LogP contribution in [0.1, 0.15) is 22.8 Å². The fraction of sp³-hybridized carbons (Fsp3) is 0.154. The van der Waals surface area contributed by atoms with Crippen LogP contribution in [0.4, 0.5) is 5.69 Å². The van der Waals surface area contributed by atoms with E-state index in [2.05, 4.69) is 29.3 Å². The first-order valence-corrected chi connectivity index (χ1v) is 10.7. The zero-order valence-corrected chi connectivity index (χ0v) is 18.8. The predicted octanol–water partition coefficient (Wildman–Crippen LogP) is 5.39. The van der Waals surface area contributed by atoms with Gasteiger partial charge < -0.3 is 14.8 Å². The third kappa shape index (κ3) is 7.56. The summed E-state index contributed by atoms with van der Waals surface area (Å²) in [6, 6.07) is 24.5. The quantitative estimate of drug-likeness (QED) is 0.341. The largest absolute Gasteiger partial charge is 0.493 e. The van der Waals surface area contributed by atoms with E-state index in [1.165, 1.54) is 5.56 Å². The molecule has 0 saturated heterocycles. The van der Waals surface area contributed by atoms with Gasteiger partial charge in [-0.15, -0.1) is 0 Å². The van der Waals surface area contributed by atoms with Gasteiger partial charge in [0.2, 0.25) is 0 Å². The highest BCUT2D eigenvalue weighted by Gasteiger charge is 2.10. The van der Waals surface area contributed by atoms with Gasteiger partial charge in [-0.1, -0.05) is 49.0 Å². The second-order valence-electron chi connectivity index (χ2n) is 7.29. The van der Waals surface area contributed by atoms with Crippen LogP contribution in [0.25, 0.3) is 0 Å². The van der Waals surface area contributed by atoms with Gasteiger partial charge in [-0.3, -0.25) is 10.1 Å². The molecular formula is C26H26N2O3S. The predicted molar refractivity (Wildman–Crippen MR) is 133 cm³/mol. The van der Waals surface area contributed by atoms with Gasteiger partial charge in [-0.25, -0.2) is 0 Å². The van der Waals surface area contributed by atoms with Gasteiger partial charge >= 0.3 is 0 Å². The summed E-state index contributed by atoms with van der Waals surface area (Å²) in [5, 5.41) is 5.89. The number of nitrogens with one attached hydrogen (secondary N) is 2. The minimum absolute atomic E-state index is 0.197. The van der Waals surface area contributed by atoms with Gasteiger partial charge in [0.15, 0.2) is 5.11 Å². The van der Waals surface area contributed by atoms with E-state index in [1.54, 1.807) is 18.2 Å². The maximum Gasteiger partial charge on any atom is 0.257 e. The zero-order valence-electron chi connectivity index (χ0n) is 18.0. The van der Waals surface area contributed by atoms with E-state index in [0.29, 0.717) is 36.0 Å². The fourth-order valence-corrected chi connectivity index (χ4v) is 3.08. The highest BCUT2D eigenvalue weighted by Crippen LogP contribution is 2.18. The molecule has 3 aromatic rings. The molecule has 164 valence electrons. The fourth-order valence-electron chi connectivity index (χ4n) is 2.87. The van der Waals surface area contributed by atoms with Crippen molar-refractivity contribution in [2.24, 2.45) is 0 Å². The number of rotatable bonds is 9. The van der Waals surface area contributed by atoms with Crippen LogP contribution in [-0.4, -0.2) is 24.2 Å². The summed E-state index contributed by atoms with van der Waals surface area (Å²) in [4.78, 5) is 12.6. The SMILES string of the molecule is C=C(C)COc1cccc(NC(=S)NC(=O)c2cccc(OCCc3ccccc3)c2)c1. The zero-order chi connectivity index (χ0) is 22.8. The van der Waals surface area contributed by atoms with Crippen molar-refractivity contribution in [3.8, 4) is 11.5 Å². The standard InChI is InChI=1S/C26H26N2O3S/c1-19(2)18-31-24-13-7-11-22(17-24)27-26(32)28-25(29)21-10-6-12-23(16-21)30-15-14-20-8-4-3-5-9-20/h3-13,16-17H,1,14-15,18H2,2H3,(H2,27,28,29,32). The van der Waals surface area contributed by atoms with E-state index in [1.807, 2.05) is 55.5 Å². The monoisotopic (exact) mass is 446 g/mol. The molecule has 0 aliphatic carbocycles. The van der Waals surface area contributed by atoms with Crippen LogP contribution in [0.15, 0.2) is 91.0 Å². The molecule has 0 saturated carbocycles. The topological polar surface area (TPSA) is 59.6 Å². The molecule has 32 heavy (non-hydrogen) atoms. The molecule has 0 unspecified atom stereocenters. The van der Waals surface area contributed by atoms with Crippen LogP contribution >= 0.6 is 12.2 Å². The minimum Gasteiger partial charge on any atom is -0.493 e. The van der Waals surface area contributed by atoms with E-state index >= 15 is 0 Å². The molecule has 0 aromatic heterocycles. The Balaban J connectivity index is 1.51. The van der Waals surface area contributed by atoms with Crippen molar-refractivity contribution in [3.05, 3.63) is 102 Å². The van der Waals surface area contributed by atoms with E-state index in [-0.39, 0.29) is 11.0 Å². The van der Waals surface area contributed by atoms with Crippen LogP contribution in [0.3, 0.4) is 0 Å². The van der Waals surface area contributed by atoms with Crippen molar-refractivity contribution in [2.45, 2.75) is 13.3 Å². The van der Waals surface area contributed by atoms with E-state index in [4.69, 9.17) is 21.7 Å². The molecule has 5 nitrogen and oxygen atoms in total. The van der Waals surface area contributed by atoms with Crippen LogP contribution in [0.2, 0.25) is 0 Å². The third-order valence-electron chi connectivity index (χ3n) is 4.40. The summed E-state index contributed by atoms with van der Waals surface area (Å²) in [7, 11) is 0. The number of thiocarbonyl (C=S) groups is 1. The lowest BCUT2D eigenvalue weighted by molar-refractivity contribution is 0.0977. The highest BCUT2D eigenvalue weighted by atomic mass is 32.1. The average molecular weight is 447 g/mol. The number of carbonyl (C=O) groups excluding carboxylic acids is 1. The van der Waals surface area contributed by atoms with Crippen LogP contribution < -0.4 is 20.1 Å². The van der Waals surface area contributed by atoms with Gasteiger partial charge in [0.25, 0.3) is 5.91 Å². The molecular weight excluding hydrogens is 420 g/mol. The Morgan fingerprint density at radius 2 is 1.66 bits per heavy atom. The van der Waals surface area contributed by atoms with Crippen molar-refractivity contribution < 1.29 is 14.3 Å². The number of benzene rings is 3. The first kappa shape index (κ1) is 23.0. The summed E-state index contributed by atoms with van der Waals surface area (Å²) >= 11 is 5.29. The maximum atomic E-state index is 12.6. The Labute approximate surface area is 194 Å². The van der Waals surface area contributed by atoms with Crippen molar-refractivity contribution >= 4 is 28.9 Å². The summed E-state index contributed by atoms with van der Waals surface area (Å²) < 4.78 is 11.4. The van der Waals surface area contributed by atoms with Crippen molar-refractivity contribution in [1.82, 2.24) is 5.32 Å². The summed E-state index contributed by atoms with van der Waals surface area (Å²) in [5.41, 5.74) is 3.31.